The number of esters is 1. The molecule has 0 bridgehead atoms. The molecule has 0 amide bonds. The lowest BCUT2D eigenvalue weighted by molar-refractivity contribution is -0.162. The predicted molar refractivity (Wildman–Crippen MR) is 86.6 cm³/mol. The number of ether oxygens (including phenoxy) is 3. The summed E-state index contributed by atoms with van der Waals surface area (Å²) in [6.45, 7) is 3.93. The number of alkyl halides is 1. The Hall–Kier alpha value is -0.130. The molecule has 5 heteroatoms. The number of hydrogen-bond acceptors (Lipinski definition) is 4. The molecule has 0 aromatic heterocycles. The molecular weight excluding hydrogens is 336 g/mol. The smallest absolute Gasteiger partial charge is 0.319 e. The fourth-order valence-corrected chi connectivity index (χ4v) is 2.82. The zero-order valence-electron chi connectivity index (χ0n) is 13.2. The summed E-state index contributed by atoms with van der Waals surface area (Å²) in [7, 11) is 0. The maximum Gasteiger partial charge on any atom is 0.319 e. The molecule has 1 fully saturated rings. The fourth-order valence-electron chi connectivity index (χ4n) is 2.36. The third-order valence-corrected chi connectivity index (χ3v) is 4.42. The Bertz CT molecular complexity index is 267. The van der Waals surface area contributed by atoms with Crippen molar-refractivity contribution in [3.8, 4) is 0 Å². The van der Waals surface area contributed by atoms with Crippen LogP contribution in [0.4, 0.5) is 0 Å². The second-order valence-corrected chi connectivity index (χ2v) is 6.55. The van der Waals surface area contributed by atoms with Gasteiger partial charge in [-0.05, 0) is 39.0 Å². The van der Waals surface area contributed by atoms with Gasteiger partial charge in [-0.2, -0.15) is 0 Å². The van der Waals surface area contributed by atoms with Gasteiger partial charge in [0.15, 0.2) is 6.29 Å². The number of rotatable bonds is 11. The van der Waals surface area contributed by atoms with Gasteiger partial charge in [-0.1, -0.05) is 41.6 Å². The molecule has 0 aliphatic carbocycles. The lowest BCUT2D eigenvalue weighted by Crippen LogP contribution is -2.22. The highest BCUT2D eigenvalue weighted by atomic mass is 79.9. The summed E-state index contributed by atoms with van der Waals surface area (Å²) in [5.74, 6) is -0.140. The van der Waals surface area contributed by atoms with Gasteiger partial charge in [0.1, 0.15) is 4.83 Å². The molecule has 1 heterocycles. The number of hydrogen-bond donors (Lipinski definition) is 0. The molecule has 0 N–H and O–H groups in total. The molecule has 1 aliphatic rings. The molecule has 0 saturated carbocycles. The molecule has 1 rings (SSSR count). The Morgan fingerprint density at radius 3 is 2.71 bits per heavy atom. The van der Waals surface area contributed by atoms with E-state index in [2.05, 4.69) is 15.9 Å². The van der Waals surface area contributed by atoms with Crippen LogP contribution in [0.2, 0.25) is 0 Å². The summed E-state index contributed by atoms with van der Waals surface area (Å²) in [5.41, 5.74) is 0. The number of halogens is 1. The van der Waals surface area contributed by atoms with Crippen LogP contribution in [0.3, 0.4) is 0 Å². The van der Waals surface area contributed by atoms with Crippen LogP contribution in [0, 0.1) is 0 Å². The van der Waals surface area contributed by atoms with Crippen molar-refractivity contribution >= 4 is 21.9 Å². The van der Waals surface area contributed by atoms with Crippen LogP contribution in [0.1, 0.15) is 64.7 Å². The highest BCUT2D eigenvalue weighted by Crippen LogP contribution is 2.16. The lowest BCUT2D eigenvalue weighted by atomic mass is 10.1. The van der Waals surface area contributed by atoms with Gasteiger partial charge in [0.25, 0.3) is 0 Å². The van der Waals surface area contributed by atoms with Gasteiger partial charge >= 0.3 is 5.97 Å². The summed E-state index contributed by atoms with van der Waals surface area (Å²) in [6.07, 6.45) is 10.00. The molecular formula is C16H29BrO4. The first-order chi connectivity index (χ1) is 10.2. The van der Waals surface area contributed by atoms with E-state index in [1.807, 2.05) is 6.92 Å². The number of carbonyl (C=O) groups excluding carboxylic acids is 1. The van der Waals surface area contributed by atoms with Gasteiger partial charge in [0.2, 0.25) is 0 Å². The van der Waals surface area contributed by atoms with Crippen molar-refractivity contribution in [2.75, 3.05) is 19.8 Å². The largest absolute Gasteiger partial charge is 0.465 e. The third kappa shape index (κ3) is 9.48. The Morgan fingerprint density at radius 1 is 1.24 bits per heavy atom. The lowest BCUT2D eigenvalue weighted by Gasteiger charge is -2.22. The van der Waals surface area contributed by atoms with Crippen molar-refractivity contribution in [3.63, 3.8) is 0 Å². The minimum Gasteiger partial charge on any atom is -0.465 e. The first-order valence-corrected chi connectivity index (χ1v) is 9.19. The highest BCUT2D eigenvalue weighted by molar-refractivity contribution is 9.10. The molecule has 1 saturated heterocycles. The van der Waals surface area contributed by atoms with E-state index in [0.29, 0.717) is 6.61 Å². The standard InChI is InChI=1S/C16H29BrO4/c1-2-19-16(18)14(17)10-6-4-3-5-8-12-20-15-11-7-9-13-21-15/h14-15H,2-13H2,1H3. The summed E-state index contributed by atoms with van der Waals surface area (Å²) < 4.78 is 16.2. The molecule has 21 heavy (non-hydrogen) atoms. The molecule has 4 nitrogen and oxygen atoms in total. The fraction of sp³-hybridized carbons (Fsp3) is 0.938. The number of carbonyl (C=O) groups is 1. The van der Waals surface area contributed by atoms with E-state index in [-0.39, 0.29) is 17.1 Å². The van der Waals surface area contributed by atoms with Crippen LogP contribution in [0.25, 0.3) is 0 Å². The highest BCUT2D eigenvalue weighted by Gasteiger charge is 2.15. The van der Waals surface area contributed by atoms with E-state index in [9.17, 15) is 4.79 Å². The molecule has 2 unspecified atom stereocenters. The van der Waals surface area contributed by atoms with Crippen molar-refractivity contribution in [3.05, 3.63) is 0 Å². The first kappa shape index (κ1) is 18.9. The maximum absolute atomic E-state index is 11.4. The minimum atomic E-state index is -0.149. The Kier molecular flexibility index (Phi) is 11.2. The second kappa shape index (κ2) is 12.4. The molecule has 0 spiro atoms. The summed E-state index contributed by atoms with van der Waals surface area (Å²) in [6, 6.07) is 0. The molecule has 0 aromatic carbocycles. The first-order valence-electron chi connectivity index (χ1n) is 8.28. The van der Waals surface area contributed by atoms with Crippen LogP contribution >= 0.6 is 15.9 Å². The molecule has 0 radical (unpaired) electrons. The monoisotopic (exact) mass is 364 g/mol. The Morgan fingerprint density at radius 2 is 2.00 bits per heavy atom. The van der Waals surface area contributed by atoms with Gasteiger partial charge < -0.3 is 14.2 Å². The third-order valence-electron chi connectivity index (χ3n) is 3.59. The summed E-state index contributed by atoms with van der Waals surface area (Å²) >= 11 is 3.37. The average molecular weight is 365 g/mol. The van der Waals surface area contributed by atoms with Gasteiger partial charge in [0, 0.05) is 13.2 Å². The van der Waals surface area contributed by atoms with Gasteiger partial charge in [-0.25, -0.2) is 0 Å². The van der Waals surface area contributed by atoms with Gasteiger partial charge in [-0.3, -0.25) is 4.79 Å². The second-order valence-electron chi connectivity index (χ2n) is 5.44. The molecule has 2 atom stereocenters. The van der Waals surface area contributed by atoms with Crippen molar-refractivity contribution in [2.45, 2.75) is 75.8 Å². The molecule has 124 valence electrons. The molecule has 0 aromatic rings. The zero-order valence-corrected chi connectivity index (χ0v) is 14.7. The van der Waals surface area contributed by atoms with E-state index >= 15 is 0 Å². The maximum atomic E-state index is 11.4. The van der Waals surface area contributed by atoms with Gasteiger partial charge in [-0.15, -0.1) is 0 Å². The Balaban J connectivity index is 1.85. The van der Waals surface area contributed by atoms with Crippen molar-refractivity contribution < 1.29 is 19.0 Å². The topological polar surface area (TPSA) is 44.8 Å². The average Bonchev–Trinajstić information content (AvgIpc) is 2.51. The normalized spacial score (nSPS) is 20.2. The van der Waals surface area contributed by atoms with E-state index in [1.54, 1.807) is 0 Å². The van der Waals surface area contributed by atoms with Crippen LogP contribution in [-0.2, 0) is 19.0 Å². The van der Waals surface area contributed by atoms with E-state index in [4.69, 9.17) is 14.2 Å². The zero-order chi connectivity index (χ0) is 15.3. The summed E-state index contributed by atoms with van der Waals surface area (Å²) in [5, 5.41) is 0. The quantitative estimate of drug-likeness (QED) is 0.313. The van der Waals surface area contributed by atoms with E-state index in [1.165, 1.54) is 25.7 Å². The summed E-state index contributed by atoms with van der Waals surface area (Å²) in [4.78, 5) is 11.3. The van der Waals surface area contributed by atoms with Crippen molar-refractivity contribution in [1.82, 2.24) is 0 Å². The van der Waals surface area contributed by atoms with Crippen molar-refractivity contribution in [1.29, 1.82) is 0 Å². The van der Waals surface area contributed by atoms with Crippen LogP contribution in [-0.4, -0.2) is 36.9 Å². The number of unbranched alkanes of at least 4 members (excludes halogenated alkanes) is 4. The Labute approximate surface area is 137 Å². The molecule has 1 aliphatic heterocycles. The van der Waals surface area contributed by atoms with Crippen LogP contribution in [0.15, 0.2) is 0 Å². The van der Waals surface area contributed by atoms with Gasteiger partial charge in [0.05, 0.1) is 6.61 Å². The van der Waals surface area contributed by atoms with E-state index < -0.39 is 0 Å². The SMILES string of the molecule is CCOC(=O)C(Br)CCCCCCCOC1CCCCO1. The van der Waals surface area contributed by atoms with Crippen LogP contribution in [0.5, 0.6) is 0 Å². The minimum absolute atomic E-state index is 0.0393. The van der Waals surface area contributed by atoms with Crippen LogP contribution < -0.4 is 0 Å². The van der Waals surface area contributed by atoms with Crippen molar-refractivity contribution in [2.24, 2.45) is 0 Å². The predicted octanol–water partition coefficient (Wildman–Crippen LogP) is 4.20. The van der Waals surface area contributed by atoms with E-state index in [0.717, 1.165) is 45.3 Å².